The molecule has 0 bridgehead atoms. The maximum Gasteiger partial charge on any atom is 0.186 e. The number of hydrogen-bond acceptors (Lipinski definition) is 4. The fourth-order valence-electron chi connectivity index (χ4n) is 2.19. The summed E-state index contributed by atoms with van der Waals surface area (Å²) in [7, 11) is 1.45. The summed E-state index contributed by atoms with van der Waals surface area (Å²) >= 11 is 5.12. The summed E-state index contributed by atoms with van der Waals surface area (Å²) in [4.78, 5) is 5.60. The van der Waals surface area contributed by atoms with Gasteiger partial charge < -0.3 is 9.84 Å². The van der Waals surface area contributed by atoms with E-state index in [0.717, 1.165) is 9.13 Å². The summed E-state index contributed by atoms with van der Waals surface area (Å²) in [5, 5.41) is 11.0. The number of halogens is 4. The smallest absolute Gasteiger partial charge is 0.186 e. The first kappa shape index (κ1) is 20.5. The average Bonchev–Trinajstić information content (AvgIpc) is 2.56. The highest BCUT2D eigenvalue weighted by atomic mass is 127. The van der Waals surface area contributed by atoms with Crippen molar-refractivity contribution < 1.29 is 23.5 Å². The Morgan fingerprint density at radius 1 is 1.16 bits per heavy atom. The molecule has 0 amide bonds. The summed E-state index contributed by atoms with van der Waals surface area (Å²) in [6, 6.07) is 8.28. The van der Waals surface area contributed by atoms with Gasteiger partial charge in [-0.3, -0.25) is 4.84 Å². The second kappa shape index (κ2) is 9.22. The Balaban J connectivity index is 2.43. The molecule has 0 heterocycles. The number of hydrogen-bond donors (Lipinski definition) is 1. The number of aryl methyl sites for hydroxylation is 1. The third kappa shape index (κ3) is 5.10. The van der Waals surface area contributed by atoms with Gasteiger partial charge in [-0.15, -0.1) is 0 Å². The van der Waals surface area contributed by atoms with Gasteiger partial charge in [-0.05, 0) is 81.3 Å². The van der Waals surface area contributed by atoms with Crippen LogP contribution >= 0.6 is 38.5 Å². The van der Waals surface area contributed by atoms with Crippen LogP contribution in [-0.4, -0.2) is 31.5 Å². The largest absolute Gasteiger partial charge is 0.388 e. The molecule has 136 valence electrons. The zero-order valence-corrected chi connectivity index (χ0v) is 17.3. The Kier molecular flexibility index (Phi) is 7.56. The zero-order valence-electron chi connectivity index (χ0n) is 13.6. The third-order valence-electron chi connectivity index (χ3n) is 3.37. The normalized spacial score (nSPS) is 12.3. The van der Waals surface area contributed by atoms with Gasteiger partial charge in [0.2, 0.25) is 0 Å². The molecule has 1 N–H and O–H groups in total. The van der Waals surface area contributed by atoms with Gasteiger partial charge in [-0.1, -0.05) is 0 Å². The summed E-state index contributed by atoms with van der Waals surface area (Å²) < 4.78 is 34.3. The van der Waals surface area contributed by atoms with Crippen LogP contribution in [0.15, 0.2) is 34.8 Å². The molecule has 4 nitrogen and oxygen atoms in total. The number of rotatable bonds is 7. The minimum absolute atomic E-state index is 0.0208. The zero-order chi connectivity index (χ0) is 18.6. The molecule has 0 fully saturated rings. The summed E-state index contributed by atoms with van der Waals surface area (Å²) in [6.07, 6.45) is -0.903. The fourth-order valence-corrected chi connectivity index (χ4v) is 3.14. The Labute approximate surface area is 167 Å². The standard InChI is InChI=1S/C17H17BrF2INO3/c1-10-7-11(21)3-5-14(10)22(25-9-12(23)8-24-2)15-6-4-13(18)16(19)17(15)20/h3-7,12,23H,8-9H2,1-2H3. The number of aliphatic hydroxyl groups excluding tert-OH is 1. The van der Waals surface area contributed by atoms with Gasteiger partial charge in [0.1, 0.15) is 18.4 Å². The van der Waals surface area contributed by atoms with Gasteiger partial charge in [0.05, 0.1) is 16.8 Å². The summed E-state index contributed by atoms with van der Waals surface area (Å²) in [5.41, 5.74) is 1.27. The Morgan fingerprint density at radius 3 is 2.48 bits per heavy atom. The molecule has 0 aliphatic carbocycles. The topological polar surface area (TPSA) is 41.9 Å². The van der Waals surface area contributed by atoms with Crippen LogP contribution in [0.25, 0.3) is 0 Å². The number of ether oxygens (including phenoxy) is 1. The lowest BCUT2D eigenvalue weighted by atomic mass is 10.2. The lowest BCUT2D eigenvalue weighted by Gasteiger charge is -2.27. The van der Waals surface area contributed by atoms with Crippen molar-refractivity contribution in [3.8, 4) is 0 Å². The van der Waals surface area contributed by atoms with Crippen LogP contribution in [0.1, 0.15) is 5.56 Å². The van der Waals surface area contributed by atoms with Crippen molar-refractivity contribution in [2.75, 3.05) is 25.4 Å². The van der Waals surface area contributed by atoms with Gasteiger partial charge in [-0.2, -0.15) is 0 Å². The van der Waals surface area contributed by atoms with Crippen molar-refractivity contribution >= 4 is 49.9 Å². The first-order valence-electron chi connectivity index (χ1n) is 7.34. The number of nitrogens with zero attached hydrogens (tertiary/aromatic N) is 1. The lowest BCUT2D eigenvalue weighted by Crippen LogP contribution is -2.28. The van der Waals surface area contributed by atoms with E-state index < -0.39 is 17.7 Å². The molecule has 8 heteroatoms. The molecule has 0 saturated carbocycles. The fraction of sp³-hybridized carbons (Fsp3) is 0.294. The Morgan fingerprint density at radius 2 is 1.84 bits per heavy atom. The number of benzene rings is 2. The highest BCUT2D eigenvalue weighted by Gasteiger charge is 2.22. The first-order valence-corrected chi connectivity index (χ1v) is 9.22. The maximum absolute atomic E-state index is 14.5. The quantitative estimate of drug-likeness (QED) is 0.321. The Hall–Kier alpha value is -0.810. The van der Waals surface area contributed by atoms with Gasteiger partial charge in [0.15, 0.2) is 11.6 Å². The number of methoxy groups -OCH3 is 1. The van der Waals surface area contributed by atoms with Gasteiger partial charge in [-0.25, -0.2) is 13.8 Å². The monoisotopic (exact) mass is 527 g/mol. The van der Waals surface area contributed by atoms with E-state index in [9.17, 15) is 13.9 Å². The number of anilines is 2. The van der Waals surface area contributed by atoms with Crippen molar-refractivity contribution in [1.29, 1.82) is 0 Å². The van der Waals surface area contributed by atoms with E-state index in [1.54, 1.807) is 6.07 Å². The van der Waals surface area contributed by atoms with E-state index in [1.165, 1.54) is 24.3 Å². The molecule has 0 saturated heterocycles. The summed E-state index contributed by atoms with van der Waals surface area (Å²) in [5.74, 6) is -2.06. The van der Waals surface area contributed by atoms with Gasteiger partial charge in [0, 0.05) is 10.7 Å². The Bertz CT molecular complexity index is 748. The van der Waals surface area contributed by atoms with E-state index in [1.807, 2.05) is 19.1 Å². The van der Waals surface area contributed by atoms with Crippen molar-refractivity contribution in [1.82, 2.24) is 0 Å². The predicted molar refractivity (Wildman–Crippen MR) is 104 cm³/mol. The van der Waals surface area contributed by atoms with E-state index >= 15 is 0 Å². The van der Waals surface area contributed by atoms with Crippen LogP contribution < -0.4 is 5.06 Å². The molecule has 0 aliphatic rings. The first-order chi connectivity index (χ1) is 11.8. The molecule has 1 atom stereocenters. The van der Waals surface area contributed by atoms with E-state index in [2.05, 4.69) is 38.5 Å². The van der Waals surface area contributed by atoms with Crippen LogP contribution in [0.4, 0.5) is 20.2 Å². The molecule has 1 unspecified atom stereocenters. The summed E-state index contributed by atoms with van der Waals surface area (Å²) in [6.45, 7) is 1.76. The third-order valence-corrected chi connectivity index (χ3v) is 4.65. The van der Waals surface area contributed by atoms with Crippen molar-refractivity contribution in [2.24, 2.45) is 0 Å². The molecular weight excluding hydrogens is 511 g/mol. The second-order valence-electron chi connectivity index (χ2n) is 5.32. The molecule has 2 rings (SSSR count). The van der Waals surface area contributed by atoms with E-state index in [0.29, 0.717) is 5.69 Å². The van der Waals surface area contributed by atoms with E-state index in [-0.39, 0.29) is 23.4 Å². The van der Waals surface area contributed by atoms with Crippen molar-refractivity contribution in [2.45, 2.75) is 13.0 Å². The SMILES string of the molecule is COCC(O)CON(c1ccc(I)cc1C)c1ccc(Br)c(F)c1F. The molecule has 0 spiro atoms. The van der Waals surface area contributed by atoms with E-state index in [4.69, 9.17) is 9.57 Å². The molecule has 2 aromatic carbocycles. The molecular formula is C17H17BrF2INO3. The minimum Gasteiger partial charge on any atom is -0.388 e. The molecule has 0 aromatic heterocycles. The second-order valence-corrected chi connectivity index (χ2v) is 7.42. The number of aliphatic hydroxyl groups is 1. The van der Waals surface area contributed by atoms with Crippen LogP contribution in [-0.2, 0) is 9.57 Å². The predicted octanol–water partition coefficient (Wildman–Crippen LogP) is 4.72. The van der Waals surface area contributed by atoms with Crippen LogP contribution in [0, 0.1) is 22.1 Å². The van der Waals surface area contributed by atoms with Gasteiger partial charge >= 0.3 is 0 Å². The van der Waals surface area contributed by atoms with Crippen LogP contribution in [0.2, 0.25) is 0 Å². The average molecular weight is 528 g/mol. The minimum atomic E-state index is -1.05. The highest BCUT2D eigenvalue weighted by Crippen LogP contribution is 2.34. The molecule has 0 aliphatic heterocycles. The van der Waals surface area contributed by atoms with Crippen LogP contribution in [0.5, 0.6) is 0 Å². The van der Waals surface area contributed by atoms with Crippen molar-refractivity contribution in [3.63, 3.8) is 0 Å². The highest BCUT2D eigenvalue weighted by molar-refractivity contribution is 14.1. The molecule has 0 radical (unpaired) electrons. The maximum atomic E-state index is 14.5. The molecule has 25 heavy (non-hydrogen) atoms. The lowest BCUT2D eigenvalue weighted by molar-refractivity contribution is -0.00664. The molecule has 2 aromatic rings. The van der Waals surface area contributed by atoms with Crippen molar-refractivity contribution in [3.05, 3.63) is 55.6 Å². The van der Waals surface area contributed by atoms with Crippen LogP contribution in [0.3, 0.4) is 0 Å². The van der Waals surface area contributed by atoms with Gasteiger partial charge in [0.25, 0.3) is 0 Å².